The van der Waals surface area contributed by atoms with Crippen LogP contribution in [0.1, 0.15) is 17.0 Å². The van der Waals surface area contributed by atoms with E-state index in [1.54, 1.807) is 0 Å². The van der Waals surface area contributed by atoms with Gasteiger partial charge in [-0.15, -0.1) is 0 Å². The molecular weight excluding hydrogens is 426 g/mol. The fraction of sp³-hybridized carbons (Fsp3) is 0.143. The van der Waals surface area contributed by atoms with Crippen LogP contribution in [0.5, 0.6) is 0 Å². The predicted octanol–water partition coefficient (Wildman–Crippen LogP) is 6.53. The van der Waals surface area contributed by atoms with Crippen LogP contribution in [0.4, 0.5) is 5.69 Å². The molecule has 0 aliphatic heterocycles. The summed E-state index contributed by atoms with van der Waals surface area (Å²) in [7, 11) is 0. The number of hydrogen-bond acceptors (Lipinski definition) is 4. The molecule has 2 aromatic heterocycles. The van der Waals surface area contributed by atoms with Gasteiger partial charge in [-0.2, -0.15) is 0 Å². The van der Waals surface area contributed by atoms with Gasteiger partial charge in [-0.25, -0.2) is 4.98 Å². The minimum absolute atomic E-state index is 0.660. The van der Waals surface area contributed by atoms with Gasteiger partial charge in [0.25, 0.3) is 0 Å². The van der Waals surface area contributed by atoms with Gasteiger partial charge >= 0.3 is 0 Å². The zero-order valence-corrected chi connectivity index (χ0v) is 17.2. The van der Waals surface area contributed by atoms with Crippen molar-refractivity contribution in [2.24, 2.45) is 0 Å². The lowest BCUT2D eigenvalue weighted by Gasteiger charge is -2.13. The molecule has 0 saturated carbocycles. The predicted molar refractivity (Wildman–Crippen MR) is 113 cm³/mol. The normalized spacial score (nSPS) is 11.1. The van der Waals surface area contributed by atoms with Crippen LogP contribution < -0.4 is 5.32 Å². The lowest BCUT2D eigenvalue weighted by molar-refractivity contribution is 0.393. The Labute approximate surface area is 170 Å². The van der Waals surface area contributed by atoms with Crippen molar-refractivity contribution < 1.29 is 4.52 Å². The van der Waals surface area contributed by atoms with Crippen LogP contribution in [0.25, 0.3) is 22.2 Å². The topological polar surface area (TPSA) is 51.0 Å². The smallest absolute Gasteiger partial charge is 0.143 e. The quantitative estimate of drug-likeness (QED) is 0.390. The monoisotopic (exact) mass is 441 g/mol. The fourth-order valence-electron chi connectivity index (χ4n) is 3.17. The van der Waals surface area contributed by atoms with Crippen LogP contribution in [0, 0.1) is 13.8 Å². The van der Waals surface area contributed by atoms with Crippen LogP contribution in [0.3, 0.4) is 0 Å². The van der Waals surface area contributed by atoms with Crippen molar-refractivity contribution in [1.82, 2.24) is 10.1 Å². The van der Waals surface area contributed by atoms with Crippen LogP contribution >= 0.6 is 27.5 Å². The van der Waals surface area contributed by atoms with E-state index in [1.807, 2.05) is 56.3 Å². The number of hydrogen-bond donors (Lipinski definition) is 1. The molecule has 0 aliphatic rings. The van der Waals surface area contributed by atoms with E-state index in [-0.39, 0.29) is 0 Å². The number of aryl methyl sites for hydroxylation is 2. The molecule has 0 amide bonds. The van der Waals surface area contributed by atoms with Crippen LogP contribution in [0.2, 0.25) is 5.02 Å². The van der Waals surface area contributed by atoms with Crippen LogP contribution in [-0.4, -0.2) is 10.1 Å². The molecule has 4 nitrogen and oxygen atoms in total. The van der Waals surface area contributed by atoms with Gasteiger partial charge in [0.15, 0.2) is 0 Å². The van der Waals surface area contributed by atoms with Gasteiger partial charge in [-0.3, -0.25) is 0 Å². The summed E-state index contributed by atoms with van der Waals surface area (Å²) in [6, 6.07) is 16.0. The Hall–Kier alpha value is -2.37. The van der Waals surface area contributed by atoms with Gasteiger partial charge in [-0.05, 0) is 55.8 Å². The first-order valence-corrected chi connectivity index (χ1v) is 9.70. The number of rotatable bonds is 4. The molecule has 0 aliphatic carbocycles. The van der Waals surface area contributed by atoms with Gasteiger partial charge in [0.1, 0.15) is 5.76 Å². The highest BCUT2D eigenvalue weighted by atomic mass is 79.9. The minimum Gasteiger partial charge on any atom is -0.380 e. The largest absolute Gasteiger partial charge is 0.380 e. The van der Waals surface area contributed by atoms with E-state index in [1.165, 1.54) is 0 Å². The number of halogens is 2. The van der Waals surface area contributed by atoms with Crippen molar-refractivity contribution >= 4 is 44.1 Å². The highest BCUT2D eigenvalue weighted by Crippen LogP contribution is 2.33. The maximum Gasteiger partial charge on any atom is 0.143 e. The van der Waals surface area contributed by atoms with Gasteiger partial charge in [0, 0.05) is 27.1 Å². The van der Waals surface area contributed by atoms with Gasteiger partial charge in [0.05, 0.1) is 22.5 Å². The summed E-state index contributed by atoms with van der Waals surface area (Å²) in [6.07, 6.45) is 0. The van der Waals surface area contributed by atoms with Crippen molar-refractivity contribution in [3.8, 4) is 11.3 Å². The summed E-state index contributed by atoms with van der Waals surface area (Å²) < 4.78 is 6.34. The Balaban J connectivity index is 1.80. The van der Waals surface area contributed by atoms with E-state index in [9.17, 15) is 0 Å². The molecule has 0 saturated heterocycles. The number of pyridine rings is 1. The molecule has 4 aromatic rings. The summed E-state index contributed by atoms with van der Waals surface area (Å²) in [5.41, 5.74) is 5.62. The first-order chi connectivity index (χ1) is 13.0. The van der Waals surface area contributed by atoms with Crippen molar-refractivity contribution in [3.05, 3.63) is 75.0 Å². The van der Waals surface area contributed by atoms with E-state index >= 15 is 0 Å². The molecular formula is C21H17BrClN3O. The Morgan fingerprint density at radius 3 is 2.70 bits per heavy atom. The first kappa shape index (κ1) is 18.0. The first-order valence-electron chi connectivity index (χ1n) is 8.53. The summed E-state index contributed by atoms with van der Waals surface area (Å²) in [6.45, 7) is 4.49. The minimum atomic E-state index is 0.660. The zero-order valence-electron chi connectivity index (χ0n) is 14.9. The Morgan fingerprint density at radius 1 is 1.11 bits per heavy atom. The molecule has 0 unspecified atom stereocenters. The number of fused-ring (bicyclic) bond motifs is 1. The van der Waals surface area contributed by atoms with Crippen LogP contribution in [-0.2, 0) is 6.54 Å². The number of aromatic nitrogens is 2. The molecule has 136 valence electrons. The van der Waals surface area contributed by atoms with E-state index < -0.39 is 0 Å². The molecule has 0 fully saturated rings. The summed E-state index contributed by atoms with van der Waals surface area (Å²) in [4.78, 5) is 4.83. The maximum absolute atomic E-state index is 6.11. The summed E-state index contributed by atoms with van der Waals surface area (Å²) in [5.74, 6) is 0.761. The third-order valence-electron chi connectivity index (χ3n) is 4.43. The molecule has 0 atom stereocenters. The number of benzene rings is 2. The molecule has 4 rings (SSSR count). The molecule has 2 aromatic carbocycles. The van der Waals surface area contributed by atoms with Crippen molar-refractivity contribution in [2.45, 2.75) is 20.4 Å². The molecule has 0 bridgehead atoms. The van der Waals surface area contributed by atoms with E-state index in [0.29, 0.717) is 6.54 Å². The van der Waals surface area contributed by atoms with Crippen molar-refractivity contribution in [1.29, 1.82) is 0 Å². The third kappa shape index (κ3) is 3.70. The standard InChI is InChI=1S/C21H17BrClN3O/c1-12-21(13(2)27-26-12)20-10-19(17-9-15(22)6-7-18(17)25-20)24-11-14-4-3-5-16(23)8-14/h3-10H,11H2,1-2H3,(H,24,25). The Morgan fingerprint density at radius 2 is 1.96 bits per heavy atom. The average Bonchev–Trinajstić information content (AvgIpc) is 2.98. The highest BCUT2D eigenvalue weighted by molar-refractivity contribution is 9.10. The lowest BCUT2D eigenvalue weighted by Crippen LogP contribution is -2.01. The summed E-state index contributed by atoms with van der Waals surface area (Å²) in [5, 5.41) is 9.36. The number of anilines is 1. The van der Waals surface area contributed by atoms with E-state index in [0.717, 1.165) is 54.4 Å². The molecule has 6 heteroatoms. The molecule has 1 N–H and O–H groups in total. The number of nitrogens with zero attached hydrogens (tertiary/aromatic N) is 2. The van der Waals surface area contributed by atoms with Gasteiger partial charge in [-0.1, -0.05) is 44.8 Å². The molecule has 0 radical (unpaired) electrons. The number of nitrogens with one attached hydrogen (secondary N) is 1. The van der Waals surface area contributed by atoms with Crippen molar-refractivity contribution in [3.63, 3.8) is 0 Å². The second-order valence-electron chi connectivity index (χ2n) is 6.40. The van der Waals surface area contributed by atoms with Crippen molar-refractivity contribution in [2.75, 3.05) is 5.32 Å². The van der Waals surface area contributed by atoms with Gasteiger partial charge in [0.2, 0.25) is 0 Å². The summed E-state index contributed by atoms with van der Waals surface area (Å²) >= 11 is 9.66. The van der Waals surface area contributed by atoms with E-state index in [2.05, 4.69) is 32.5 Å². The van der Waals surface area contributed by atoms with Gasteiger partial charge < -0.3 is 9.84 Å². The second kappa shape index (κ2) is 7.33. The zero-order chi connectivity index (χ0) is 19.0. The second-order valence-corrected chi connectivity index (χ2v) is 7.75. The highest BCUT2D eigenvalue weighted by Gasteiger charge is 2.15. The SMILES string of the molecule is Cc1noc(C)c1-c1cc(NCc2cccc(Cl)c2)c2cc(Br)ccc2n1. The third-order valence-corrected chi connectivity index (χ3v) is 5.16. The molecule has 2 heterocycles. The van der Waals surface area contributed by atoms with E-state index in [4.69, 9.17) is 21.1 Å². The Kier molecular flexibility index (Phi) is 4.89. The van der Waals surface area contributed by atoms with Crippen LogP contribution in [0.15, 0.2) is 57.5 Å². The molecule has 27 heavy (non-hydrogen) atoms. The fourth-order valence-corrected chi connectivity index (χ4v) is 3.74. The average molecular weight is 443 g/mol. The maximum atomic E-state index is 6.11. The molecule has 0 spiro atoms. The Bertz CT molecular complexity index is 1120. The lowest BCUT2D eigenvalue weighted by atomic mass is 10.1.